The summed E-state index contributed by atoms with van der Waals surface area (Å²) in [5.74, 6) is 0.820. The molecule has 1 aromatic heterocycles. The Morgan fingerprint density at radius 3 is 2.21 bits per heavy atom. The van der Waals surface area contributed by atoms with Crippen LogP contribution < -0.4 is 23.8 Å². The molecule has 0 fully saturated rings. The van der Waals surface area contributed by atoms with Crippen LogP contribution in [0.4, 0.5) is 10.8 Å². The van der Waals surface area contributed by atoms with Crippen molar-refractivity contribution in [1.29, 1.82) is 0 Å². The Hall–Kier alpha value is -3.38. The van der Waals surface area contributed by atoms with Gasteiger partial charge in [-0.15, -0.1) is 10.2 Å². The van der Waals surface area contributed by atoms with Crippen LogP contribution >= 0.6 is 11.3 Å². The highest BCUT2D eigenvalue weighted by Crippen LogP contribution is 2.35. The van der Waals surface area contributed by atoms with Gasteiger partial charge in [-0.3, -0.25) is 14.4 Å². The molecule has 10 nitrogen and oxygen atoms in total. The molecule has 0 aliphatic rings. The molecular formula is C21H24N4O6S2. The number of nitrogens with one attached hydrogen (secondary N) is 1. The lowest BCUT2D eigenvalue weighted by molar-refractivity contribution is -0.116. The molecule has 0 aliphatic heterocycles. The van der Waals surface area contributed by atoms with Crippen molar-refractivity contribution in [3.63, 3.8) is 0 Å². The lowest BCUT2D eigenvalue weighted by Crippen LogP contribution is -2.45. The third kappa shape index (κ3) is 5.52. The number of hydrogen-bond donors (Lipinski definition) is 1. The summed E-state index contributed by atoms with van der Waals surface area (Å²) in [5.41, 5.74) is 0.985. The van der Waals surface area contributed by atoms with Crippen LogP contribution in [0.5, 0.6) is 17.2 Å². The predicted octanol–water partition coefficient (Wildman–Crippen LogP) is 3.02. The maximum Gasteiger partial charge on any atom is 0.249 e. The van der Waals surface area contributed by atoms with E-state index >= 15 is 0 Å². The molecule has 1 N–H and O–H groups in total. The largest absolute Gasteiger partial charge is 0.497 e. The van der Waals surface area contributed by atoms with Crippen LogP contribution in [0.2, 0.25) is 0 Å². The van der Waals surface area contributed by atoms with Gasteiger partial charge < -0.3 is 14.2 Å². The van der Waals surface area contributed by atoms with E-state index in [4.69, 9.17) is 14.2 Å². The molecule has 0 unspecified atom stereocenters. The second-order valence-electron chi connectivity index (χ2n) is 6.90. The fraction of sp³-hybridized carbons (Fsp3) is 0.286. The van der Waals surface area contributed by atoms with Gasteiger partial charge in [0, 0.05) is 11.6 Å². The molecule has 176 valence electrons. The molecule has 1 amide bonds. The standard InChI is InChI=1S/C21H24N4O6S2/c1-13(25(33(5,27)28)17-12-16(30-3)10-11-18(17)31-4)19(26)22-21-24-23-20(32-21)14-6-8-15(29-2)9-7-14/h6-13H,1-5H3,(H,22,24,26)/t13-/m1/s1. The summed E-state index contributed by atoms with van der Waals surface area (Å²) in [4.78, 5) is 13.0. The van der Waals surface area contributed by atoms with Crippen molar-refractivity contribution in [1.82, 2.24) is 10.2 Å². The molecule has 0 saturated heterocycles. The van der Waals surface area contributed by atoms with E-state index in [1.165, 1.54) is 38.5 Å². The van der Waals surface area contributed by atoms with E-state index < -0.39 is 22.0 Å². The number of rotatable bonds is 9. The van der Waals surface area contributed by atoms with Crippen LogP contribution in [-0.4, -0.2) is 58.1 Å². The SMILES string of the molecule is COc1ccc(-c2nnc(NC(=O)[C@@H](C)N(c3cc(OC)ccc3OC)S(C)(=O)=O)s2)cc1. The molecule has 3 aromatic rings. The fourth-order valence-corrected chi connectivity index (χ4v) is 5.01. The Morgan fingerprint density at radius 2 is 1.64 bits per heavy atom. The Bertz CT molecular complexity index is 1230. The summed E-state index contributed by atoms with van der Waals surface area (Å²) < 4.78 is 42.0. The van der Waals surface area contributed by atoms with Gasteiger partial charge in [0.05, 0.1) is 33.3 Å². The van der Waals surface area contributed by atoms with Crippen LogP contribution in [-0.2, 0) is 14.8 Å². The van der Waals surface area contributed by atoms with Crippen molar-refractivity contribution in [3.05, 3.63) is 42.5 Å². The van der Waals surface area contributed by atoms with Crippen LogP contribution in [0, 0.1) is 0 Å². The summed E-state index contributed by atoms with van der Waals surface area (Å²) in [6.45, 7) is 1.47. The normalized spacial score (nSPS) is 12.0. The molecular weight excluding hydrogens is 468 g/mol. The topological polar surface area (TPSA) is 120 Å². The molecule has 0 aliphatic carbocycles. The Balaban J connectivity index is 1.86. The van der Waals surface area contributed by atoms with Crippen molar-refractivity contribution < 1.29 is 27.4 Å². The minimum atomic E-state index is -3.86. The Kier molecular flexibility index (Phi) is 7.39. The number of benzene rings is 2. The van der Waals surface area contributed by atoms with Gasteiger partial charge in [0.15, 0.2) is 0 Å². The van der Waals surface area contributed by atoms with Gasteiger partial charge >= 0.3 is 0 Å². The molecule has 33 heavy (non-hydrogen) atoms. The summed E-state index contributed by atoms with van der Waals surface area (Å²) in [6.07, 6.45) is 1.02. The maximum absolute atomic E-state index is 13.0. The third-order valence-electron chi connectivity index (χ3n) is 4.70. The van der Waals surface area contributed by atoms with Crippen LogP contribution in [0.15, 0.2) is 42.5 Å². The number of nitrogens with zero attached hydrogens (tertiary/aromatic N) is 3. The average molecular weight is 493 g/mol. The first kappa shape index (κ1) is 24.3. The smallest absolute Gasteiger partial charge is 0.249 e. The zero-order valence-corrected chi connectivity index (χ0v) is 20.4. The molecule has 0 bridgehead atoms. The second kappa shape index (κ2) is 10.0. The average Bonchev–Trinajstić information content (AvgIpc) is 3.26. The number of sulfonamides is 1. The van der Waals surface area contributed by atoms with Gasteiger partial charge in [-0.1, -0.05) is 11.3 Å². The van der Waals surface area contributed by atoms with E-state index in [0.29, 0.717) is 16.5 Å². The number of carbonyl (C=O) groups is 1. The van der Waals surface area contributed by atoms with E-state index in [-0.39, 0.29) is 16.6 Å². The lowest BCUT2D eigenvalue weighted by atomic mass is 10.2. The molecule has 1 heterocycles. The Morgan fingerprint density at radius 1 is 1.00 bits per heavy atom. The van der Waals surface area contributed by atoms with Crippen LogP contribution in [0.3, 0.4) is 0 Å². The predicted molar refractivity (Wildman–Crippen MR) is 127 cm³/mol. The number of ether oxygens (including phenoxy) is 3. The highest BCUT2D eigenvalue weighted by Gasteiger charge is 2.32. The lowest BCUT2D eigenvalue weighted by Gasteiger charge is -2.29. The van der Waals surface area contributed by atoms with Gasteiger partial charge in [-0.25, -0.2) is 8.42 Å². The molecule has 3 rings (SSSR count). The highest BCUT2D eigenvalue weighted by atomic mass is 32.2. The number of amides is 1. The fourth-order valence-electron chi connectivity index (χ4n) is 3.08. The first-order valence-electron chi connectivity index (χ1n) is 9.68. The number of anilines is 2. The van der Waals surface area contributed by atoms with Crippen molar-refractivity contribution in [2.24, 2.45) is 0 Å². The van der Waals surface area contributed by atoms with E-state index in [1.807, 2.05) is 12.1 Å². The van der Waals surface area contributed by atoms with Crippen LogP contribution in [0.25, 0.3) is 10.6 Å². The zero-order valence-electron chi connectivity index (χ0n) is 18.7. The number of hydrogen-bond acceptors (Lipinski definition) is 9. The minimum Gasteiger partial charge on any atom is -0.497 e. The van der Waals surface area contributed by atoms with Crippen molar-refractivity contribution in [2.45, 2.75) is 13.0 Å². The second-order valence-corrected chi connectivity index (χ2v) is 9.74. The van der Waals surface area contributed by atoms with E-state index in [2.05, 4.69) is 15.5 Å². The van der Waals surface area contributed by atoms with Crippen molar-refractivity contribution in [2.75, 3.05) is 37.2 Å². The van der Waals surface area contributed by atoms with Gasteiger partial charge in [-0.05, 0) is 43.3 Å². The van der Waals surface area contributed by atoms with Gasteiger partial charge in [0.1, 0.15) is 28.3 Å². The van der Waals surface area contributed by atoms with Gasteiger partial charge in [0.2, 0.25) is 21.1 Å². The Labute approximate surface area is 196 Å². The van der Waals surface area contributed by atoms with Gasteiger partial charge in [-0.2, -0.15) is 0 Å². The van der Waals surface area contributed by atoms with E-state index in [0.717, 1.165) is 16.1 Å². The third-order valence-corrected chi connectivity index (χ3v) is 6.82. The van der Waals surface area contributed by atoms with Crippen LogP contribution in [0.1, 0.15) is 6.92 Å². The summed E-state index contributed by atoms with van der Waals surface area (Å²) in [6, 6.07) is 10.8. The first-order chi connectivity index (χ1) is 15.7. The molecule has 2 aromatic carbocycles. The molecule has 0 radical (unpaired) electrons. The zero-order chi connectivity index (χ0) is 24.2. The van der Waals surface area contributed by atoms with Gasteiger partial charge in [0.25, 0.3) is 0 Å². The maximum atomic E-state index is 13.0. The molecule has 1 atom stereocenters. The highest BCUT2D eigenvalue weighted by molar-refractivity contribution is 7.92. The summed E-state index contributed by atoms with van der Waals surface area (Å²) >= 11 is 1.17. The van der Waals surface area contributed by atoms with Crippen molar-refractivity contribution in [3.8, 4) is 27.8 Å². The number of carbonyl (C=O) groups excluding carboxylic acids is 1. The molecule has 12 heteroatoms. The van der Waals surface area contributed by atoms with Crippen molar-refractivity contribution >= 4 is 38.1 Å². The quantitative estimate of drug-likeness (QED) is 0.484. The molecule has 0 saturated carbocycles. The van der Waals surface area contributed by atoms with E-state index in [1.54, 1.807) is 31.4 Å². The number of methoxy groups -OCH3 is 3. The minimum absolute atomic E-state index is 0.179. The first-order valence-corrected chi connectivity index (χ1v) is 12.3. The summed E-state index contributed by atoms with van der Waals surface area (Å²) in [7, 11) is 0.591. The summed E-state index contributed by atoms with van der Waals surface area (Å²) in [5, 5.41) is 11.6. The number of aromatic nitrogens is 2. The van der Waals surface area contributed by atoms with E-state index in [9.17, 15) is 13.2 Å². The molecule has 0 spiro atoms. The monoisotopic (exact) mass is 492 g/mol.